The van der Waals surface area contributed by atoms with Gasteiger partial charge in [0.1, 0.15) is 5.52 Å². The summed E-state index contributed by atoms with van der Waals surface area (Å²) in [6, 6.07) is 64.5. The molecule has 9 aromatic carbocycles. The number of aromatic nitrogens is 1. The fraction of sp³-hybridized carbons (Fsp3) is 0.0200. The molecule has 0 aliphatic heterocycles. The molecule has 1 heterocycles. The van der Waals surface area contributed by atoms with Crippen molar-refractivity contribution in [2.24, 2.45) is 0 Å². The minimum atomic E-state index is -0.421. The molecular weight excluding hydrogens is 631 g/mol. The number of hydrogen-bond donors (Lipinski definition) is 0. The van der Waals surface area contributed by atoms with Crippen LogP contribution in [0.3, 0.4) is 0 Å². The quantitative estimate of drug-likeness (QED) is 0.173. The van der Waals surface area contributed by atoms with E-state index in [1.807, 2.05) is 30.3 Å². The first kappa shape index (κ1) is 28.0. The molecule has 2 aliphatic rings. The summed E-state index contributed by atoms with van der Waals surface area (Å²) >= 11 is 0. The van der Waals surface area contributed by atoms with Crippen molar-refractivity contribution < 1.29 is 4.42 Å². The number of oxazole rings is 1. The average Bonchev–Trinajstić information content (AvgIpc) is 3.88. The highest BCUT2D eigenvalue weighted by Gasteiger charge is 2.52. The van der Waals surface area contributed by atoms with E-state index < -0.39 is 5.41 Å². The lowest BCUT2D eigenvalue weighted by molar-refractivity contribution is 0.623. The fourth-order valence-corrected chi connectivity index (χ4v) is 9.51. The van der Waals surface area contributed by atoms with Gasteiger partial charge in [-0.25, -0.2) is 4.98 Å². The molecule has 52 heavy (non-hydrogen) atoms. The summed E-state index contributed by atoms with van der Waals surface area (Å²) < 4.78 is 6.50. The van der Waals surface area contributed by atoms with E-state index >= 15 is 0 Å². The number of hydrogen-bond acceptors (Lipinski definition) is 2. The van der Waals surface area contributed by atoms with Crippen molar-refractivity contribution in [3.8, 4) is 44.8 Å². The molecule has 0 fully saturated rings. The van der Waals surface area contributed by atoms with Crippen molar-refractivity contribution in [2.45, 2.75) is 5.41 Å². The molecule has 240 valence electrons. The number of fused-ring (bicyclic) bond motifs is 17. The van der Waals surface area contributed by atoms with Gasteiger partial charge in [-0.15, -0.1) is 0 Å². The van der Waals surface area contributed by atoms with E-state index in [0.717, 1.165) is 32.8 Å². The second-order valence-electron chi connectivity index (χ2n) is 14.2. The maximum Gasteiger partial charge on any atom is 0.227 e. The van der Waals surface area contributed by atoms with Gasteiger partial charge in [-0.3, -0.25) is 0 Å². The van der Waals surface area contributed by atoms with Crippen molar-refractivity contribution >= 4 is 43.4 Å². The molecule has 12 rings (SSSR count). The van der Waals surface area contributed by atoms with Gasteiger partial charge in [-0.2, -0.15) is 0 Å². The third kappa shape index (κ3) is 3.56. The van der Waals surface area contributed by atoms with Gasteiger partial charge in [-0.1, -0.05) is 146 Å². The number of rotatable bonds is 2. The Morgan fingerprint density at radius 1 is 0.404 bits per heavy atom. The zero-order valence-corrected chi connectivity index (χ0v) is 28.1. The first-order chi connectivity index (χ1) is 25.8. The standard InChI is InChI=1S/C50H29NO/c1-2-11-32(12-3-1)49-51-45-27-23-31-18-19-35-28-33(21-24-36(35)46(31)48(45)52-49)34-22-25-40-41-26-20-30-10-4-5-13-37(30)47(41)50(44(40)29-34)42-16-8-6-14-38(42)39-15-7-9-17-43(39)50/h1-29H. The summed E-state index contributed by atoms with van der Waals surface area (Å²) in [6.07, 6.45) is 0. The fourth-order valence-electron chi connectivity index (χ4n) is 9.51. The molecule has 2 aliphatic carbocycles. The van der Waals surface area contributed by atoms with Gasteiger partial charge in [0.15, 0.2) is 5.58 Å². The normalized spacial score (nSPS) is 13.5. The van der Waals surface area contributed by atoms with E-state index in [0.29, 0.717) is 5.89 Å². The molecule has 2 heteroatoms. The number of nitrogens with zero attached hydrogens (tertiary/aromatic N) is 1. The maximum atomic E-state index is 6.50. The molecular formula is C50H29NO. The third-order valence-corrected chi connectivity index (χ3v) is 11.7. The molecule has 1 aromatic heterocycles. The highest BCUT2D eigenvalue weighted by Crippen LogP contribution is 2.64. The highest BCUT2D eigenvalue weighted by molar-refractivity contribution is 6.18. The second-order valence-corrected chi connectivity index (χ2v) is 14.2. The predicted molar refractivity (Wildman–Crippen MR) is 214 cm³/mol. The summed E-state index contributed by atoms with van der Waals surface area (Å²) in [5, 5.41) is 7.18. The van der Waals surface area contributed by atoms with Crippen LogP contribution in [0.5, 0.6) is 0 Å². The van der Waals surface area contributed by atoms with Crippen LogP contribution >= 0.6 is 0 Å². The monoisotopic (exact) mass is 659 g/mol. The smallest absolute Gasteiger partial charge is 0.227 e. The van der Waals surface area contributed by atoms with E-state index in [-0.39, 0.29) is 0 Å². The Hall–Kier alpha value is -6.77. The minimum absolute atomic E-state index is 0.421. The van der Waals surface area contributed by atoms with Crippen molar-refractivity contribution in [3.05, 3.63) is 198 Å². The van der Waals surface area contributed by atoms with Gasteiger partial charge in [0, 0.05) is 10.9 Å². The Morgan fingerprint density at radius 2 is 1.04 bits per heavy atom. The van der Waals surface area contributed by atoms with Gasteiger partial charge >= 0.3 is 0 Å². The molecule has 0 N–H and O–H groups in total. The zero-order chi connectivity index (χ0) is 34.0. The predicted octanol–water partition coefficient (Wildman–Crippen LogP) is 13.0. The Kier molecular flexibility index (Phi) is 5.46. The molecule has 10 aromatic rings. The van der Waals surface area contributed by atoms with Crippen molar-refractivity contribution in [1.82, 2.24) is 4.98 Å². The first-order valence-electron chi connectivity index (χ1n) is 18.0. The van der Waals surface area contributed by atoms with Crippen molar-refractivity contribution in [1.29, 1.82) is 0 Å². The summed E-state index contributed by atoms with van der Waals surface area (Å²) in [5.41, 5.74) is 15.4. The number of benzene rings is 9. The lowest BCUT2D eigenvalue weighted by Gasteiger charge is -2.31. The van der Waals surface area contributed by atoms with Crippen LogP contribution in [0, 0.1) is 0 Å². The summed E-state index contributed by atoms with van der Waals surface area (Å²) in [4.78, 5) is 4.87. The molecule has 0 saturated carbocycles. The van der Waals surface area contributed by atoms with Crippen LogP contribution in [0.4, 0.5) is 0 Å². The Balaban J connectivity index is 1.09. The van der Waals surface area contributed by atoms with Crippen LogP contribution in [0.2, 0.25) is 0 Å². The zero-order valence-electron chi connectivity index (χ0n) is 28.1. The van der Waals surface area contributed by atoms with E-state index in [1.165, 1.54) is 71.8 Å². The second kappa shape index (κ2) is 10.2. The third-order valence-electron chi connectivity index (χ3n) is 11.7. The molecule has 0 atom stereocenters. The first-order valence-corrected chi connectivity index (χ1v) is 18.0. The van der Waals surface area contributed by atoms with E-state index in [2.05, 4.69) is 146 Å². The summed E-state index contributed by atoms with van der Waals surface area (Å²) in [6.45, 7) is 0. The van der Waals surface area contributed by atoms with E-state index in [9.17, 15) is 0 Å². The van der Waals surface area contributed by atoms with Crippen molar-refractivity contribution in [2.75, 3.05) is 0 Å². The van der Waals surface area contributed by atoms with Gasteiger partial charge < -0.3 is 4.42 Å². The molecule has 0 amide bonds. The largest absolute Gasteiger partial charge is 0.435 e. The topological polar surface area (TPSA) is 26.0 Å². The maximum absolute atomic E-state index is 6.50. The molecule has 0 bridgehead atoms. The van der Waals surface area contributed by atoms with Crippen LogP contribution in [0.1, 0.15) is 22.3 Å². The Morgan fingerprint density at radius 3 is 1.88 bits per heavy atom. The van der Waals surface area contributed by atoms with Gasteiger partial charge in [0.25, 0.3) is 0 Å². The van der Waals surface area contributed by atoms with Crippen LogP contribution in [0.15, 0.2) is 180 Å². The molecule has 0 radical (unpaired) electrons. The Bertz CT molecular complexity index is 3090. The molecule has 0 unspecified atom stereocenters. The molecule has 1 spiro atoms. The van der Waals surface area contributed by atoms with Gasteiger partial charge in [0.2, 0.25) is 5.89 Å². The SMILES string of the molecule is c1ccc(-c2nc3ccc4ccc5cc(-c6ccc7c(c6)C6(c8ccccc8-c8ccccc86)c6c-7ccc7ccccc67)ccc5c4c3o2)cc1. The van der Waals surface area contributed by atoms with Gasteiger partial charge in [-0.05, 0) is 113 Å². The van der Waals surface area contributed by atoms with Gasteiger partial charge in [0.05, 0.1) is 5.41 Å². The van der Waals surface area contributed by atoms with Crippen LogP contribution in [-0.2, 0) is 5.41 Å². The summed E-state index contributed by atoms with van der Waals surface area (Å²) in [5.74, 6) is 0.646. The average molecular weight is 660 g/mol. The minimum Gasteiger partial charge on any atom is -0.435 e. The van der Waals surface area contributed by atoms with E-state index in [1.54, 1.807) is 0 Å². The van der Waals surface area contributed by atoms with Crippen LogP contribution in [-0.4, -0.2) is 4.98 Å². The van der Waals surface area contributed by atoms with Crippen molar-refractivity contribution in [3.63, 3.8) is 0 Å². The lowest BCUT2D eigenvalue weighted by Crippen LogP contribution is -2.26. The molecule has 0 saturated heterocycles. The van der Waals surface area contributed by atoms with Crippen LogP contribution < -0.4 is 0 Å². The molecule has 2 nitrogen and oxygen atoms in total. The Labute approximate surface area is 300 Å². The lowest BCUT2D eigenvalue weighted by atomic mass is 9.69. The van der Waals surface area contributed by atoms with Crippen LogP contribution in [0.25, 0.3) is 88.3 Å². The highest BCUT2D eigenvalue weighted by atomic mass is 16.3. The van der Waals surface area contributed by atoms with E-state index in [4.69, 9.17) is 9.40 Å². The summed E-state index contributed by atoms with van der Waals surface area (Å²) in [7, 11) is 0.